The number of nitrogens with zero attached hydrogens (tertiary/aromatic N) is 1. The Morgan fingerprint density at radius 1 is 1.17 bits per heavy atom. The molecule has 0 saturated heterocycles. The van der Waals surface area contributed by atoms with E-state index in [9.17, 15) is 5.11 Å². The first-order valence-electron chi connectivity index (χ1n) is 7.53. The zero-order chi connectivity index (χ0) is 13.6. The lowest BCUT2D eigenvalue weighted by Gasteiger charge is -2.41. The molecule has 0 radical (unpaired) electrons. The lowest BCUT2D eigenvalue weighted by Crippen LogP contribution is -2.47. The molecule has 1 unspecified atom stereocenters. The zero-order valence-electron chi connectivity index (χ0n) is 12.7. The fraction of sp³-hybridized carbons (Fsp3) is 1.00. The summed E-state index contributed by atoms with van der Waals surface area (Å²) in [6.07, 6.45) is 6.55. The van der Waals surface area contributed by atoms with Gasteiger partial charge in [-0.3, -0.25) is 0 Å². The first-order chi connectivity index (χ1) is 8.43. The van der Waals surface area contributed by atoms with Crippen LogP contribution in [0.5, 0.6) is 0 Å². The molecular weight excluding hydrogens is 224 g/mol. The summed E-state index contributed by atoms with van der Waals surface area (Å²) in [6, 6.07) is 0.561. The molecule has 1 atom stereocenters. The monoisotopic (exact) mass is 256 g/mol. The van der Waals surface area contributed by atoms with Crippen LogP contribution in [0, 0.1) is 5.41 Å². The van der Waals surface area contributed by atoms with E-state index < -0.39 is 0 Å². The Hall–Kier alpha value is -0.120. The Kier molecular flexibility index (Phi) is 6.61. The van der Waals surface area contributed by atoms with E-state index in [4.69, 9.17) is 0 Å². The zero-order valence-corrected chi connectivity index (χ0v) is 12.7. The third-order valence-corrected chi connectivity index (χ3v) is 3.98. The predicted molar refractivity (Wildman–Crippen MR) is 77.8 cm³/mol. The molecular formula is C15H32N2O. The average molecular weight is 256 g/mol. The average Bonchev–Trinajstić information content (AvgIpc) is 2.26. The van der Waals surface area contributed by atoms with Gasteiger partial charge in [-0.1, -0.05) is 33.1 Å². The highest BCUT2D eigenvalue weighted by Crippen LogP contribution is 2.36. The van der Waals surface area contributed by atoms with Gasteiger partial charge in [0, 0.05) is 25.7 Å². The standard InChI is InChI=1S/C15H32N2O/c1-13(2)16-11-15(8-6-5-7-9-15)12-17(4)10-14(3)18/h13-14,16,18H,5-12H2,1-4H3. The Balaban J connectivity index is 2.53. The van der Waals surface area contributed by atoms with Gasteiger partial charge in [-0.25, -0.2) is 0 Å². The number of hydrogen-bond acceptors (Lipinski definition) is 3. The largest absolute Gasteiger partial charge is 0.392 e. The third-order valence-electron chi connectivity index (χ3n) is 3.98. The van der Waals surface area contributed by atoms with E-state index in [0.717, 1.165) is 19.6 Å². The van der Waals surface area contributed by atoms with Gasteiger partial charge in [0.1, 0.15) is 0 Å². The second-order valence-electron chi connectivity index (χ2n) is 6.64. The van der Waals surface area contributed by atoms with Crippen LogP contribution in [0.25, 0.3) is 0 Å². The van der Waals surface area contributed by atoms with Crippen LogP contribution in [0.4, 0.5) is 0 Å². The van der Waals surface area contributed by atoms with E-state index in [0.29, 0.717) is 11.5 Å². The first-order valence-corrected chi connectivity index (χ1v) is 7.53. The summed E-state index contributed by atoms with van der Waals surface area (Å²) in [7, 11) is 2.14. The predicted octanol–water partition coefficient (Wildman–Crippen LogP) is 2.25. The molecule has 0 bridgehead atoms. The summed E-state index contributed by atoms with van der Waals surface area (Å²) in [5, 5.41) is 13.1. The van der Waals surface area contributed by atoms with Gasteiger partial charge in [0.15, 0.2) is 0 Å². The Morgan fingerprint density at radius 3 is 2.28 bits per heavy atom. The summed E-state index contributed by atoms with van der Waals surface area (Å²) in [5.41, 5.74) is 0.423. The maximum atomic E-state index is 9.50. The minimum absolute atomic E-state index is 0.228. The Morgan fingerprint density at radius 2 is 1.78 bits per heavy atom. The SMILES string of the molecule is CC(O)CN(C)CC1(CNC(C)C)CCCCC1. The van der Waals surface area contributed by atoms with Crippen molar-refractivity contribution in [2.75, 3.05) is 26.7 Å². The van der Waals surface area contributed by atoms with Gasteiger partial charge in [0.2, 0.25) is 0 Å². The van der Waals surface area contributed by atoms with Crippen LogP contribution < -0.4 is 5.32 Å². The van der Waals surface area contributed by atoms with Crippen molar-refractivity contribution in [3.8, 4) is 0 Å². The molecule has 108 valence electrons. The molecule has 0 aromatic rings. The van der Waals surface area contributed by atoms with E-state index in [-0.39, 0.29) is 6.10 Å². The van der Waals surface area contributed by atoms with Crippen molar-refractivity contribution >= 4 is 0 Å². The van der Waals surface area contributed by atoms with Crippen LogP contribution >= 0.6 is 0 Å². The highest BCUT2D eigenvalue weighted by molar-refractivity contribution is 4.88. The van der Waals surface area contributed by atoms with Crippen LogP contribution in [0.1, 0.15) is 52.9 Å². The lowest BCUT2D eigenvalue weighted by molar-refractivity contribution is 0.0799. The van der Waals surface area contributed by atoms with Gasteiger partial charge in [-0.2, -0.15) is 0 Å². The molecule has 1 rings (SSSR count). The van der Waals surface area contributed by atoms with Crippen LogP contribution in [-0.2, 0) is 0 Å². The number of nitrogens with one attached hydrogen (secondary N) is 1. The van der Waals surface area contributed by atoms with Gasteiger partial charge in [0.25, 0.3) is 0 Å². The molecule has 1 aliphatic carbocycles. The molecule has 1 saturated carbocycles. The fourth-order valence-electron chi connectivity index (χ4n) is 3.20. The van der Waals surface area contributed by atoms with E-state index in [1.165, 1.54) is 32.1 Å². The summed E-state index contributed by atoms with van der Waals surface area (Å²) < 4.78 is 0. The highest BCUT2D eigenvalue weighted by Gasteiger charge is 2.33. The van der Waals surface area contributed by atoms with E-state index in [1.807, 2.05) is 6.92 Å². The summed E-state index contributed by atoms with van der Waals surface area (Å²) in [6.45, 7) is 9.32. The topological polar surface area (TPSA) is 35.5 Å². The van der Waals surface area contributed by atoms with Crippen LogP contribution in [0.2, 0.25) is 0 Å². The number of likely N-dealkylation sites (N-methyl/N-ethyl adjacent to an activating group) is 1. The quantitative estimate of drug-likeness (QED) is 0.733. The number of aliphatic hydroxyl groups excluding tert-OH is 1. The molecule has 18 heavy (non-hydrogen) atoms. The summed E-state index contributed by atoms with van der Waals surface area (Å²) in [4.78, 5) is 2.30. The van der Waals surface area contributed by atoms with E-state index >= 15 is 0 Å². The maximum absolute atomic E-state index is 9.50. The second kappa shape index (κ2) is 7.46. The Bertz CT molecular complexity index is 223. The fourth-order valence-corrected chi connectivity index (χ4v) is 3.20. The van der Waals surface area contributed by atoms with Gasteiger partial charge in [-0.05, 0) is 32.2 Å². The normalized spacial score (nSPS) is 21.5. The van der Waals surface area contributed by atoms with Crippen LogP contribution in [0.15, 0.2) is 0 Å². The van der Waals surface area contributed by atoms with Gasteiger partial charge in [-0.15, -0.1) is 0 Å². The molecule has 0 spiro atoms. The molecule has 3 heteroatoms. The molecule has 0 aliphatic heterocycles. The van der Waals surface area contributed by atoms with Crippen molar-refractivity contribution in [1.82, 2.24) is 10.2 Å². The number of hydrogen-bond donors (Lipinski definition) is 2. The van der Waals surface area contributed by atoms with E-state index in [2.05, 4.69) is 31.1 Å². The van der Waals surface area contributed by atoms with Crippen molar-refractivity contribution < 1.29 is 5.11 Å². The summed E-state index contributed by atoms with van der Waals surface area (Å²) in [5.74, 6) is 0. The molecule has 2 N–H and O–H groups in total. The maximum Gasteiger partial charge on any atom is 0.0638 e. The van der Waals surface area contributed by atoms with Gasteiger partial charge < -0.3 is 15.3 Å². The van der Waals surface area contributed by atoms with Gasteiger partial charge in [0.05, 0.1) is 6.10 Å². The van der Waals surface area contributed by atoms with Crippen LogP contribution in [0.3, 0.4) is 0 Å². The molecule has 0 amide bonds. The molecule has 3 nitrogen and oxygen atoms in total. The molecule has 0 aromatic carbocycles. The first kappa shape index (κ1) is 15.9. The Labute approximate surface area is 113 Å². The molecule has 0 aromatic heterocycles. The summed E-state index contributed by atoms with van der Waals surface area (Å²) >= 11 is 0. The highest BCUT2D eigenvalue weighted by atomic mass is 16.3. The van der Waals surface area contributed by atoms with E-state index in [1.54, 1.807) is 0 Å². The smallest absolute Gasteiger partial charge is 0.0638 e. The van der Waals surface area contributed by atoms with Crippen molar-refractivity contribution in [2.24, 2.45) is 5.41 Å². The minimum Gasteiger partial charge on any atom is -0.392 e. The molecule has 1 fully saturated rings. The van der Waals surface area contributed by atoms with Crippen molar-refractivity contribution in [2.45, 2.75) is 65.0 Å². The van der Waals surface area contributed by atoms with Crippen molar-refractivity contribution in [3.05, 3.63) is 0 Å². The molecule has 1 aliphatic rings. The van der Waals surface area contributed by atoms with Crippen molar-refractivity contribution in [1.29, 1.82) is 0 Å². The third kappa shape index (κ3) is 5.68. The van der Waals surface area contributed by atoms with Crippen LogP contribution in [-0.4, -0.2) is 48.8 Å². The number of rotatable bonds is 7. The van der Waals surface area contributed by atoms with Crippen molar-refractivity contribution in [3.63, 3.8) is 0 Å². The lowest BCUT2D eigenvalue weighted by atomic mass is 9.73. The molecule has 0 heterocycles. The second-order valence-corrected chi connectivity index (χ2v) is 6.64. The van der Waals surface area contributed by atoms with Gasteiger partial charge >= 0.3 is 0 Å². The number of aliphatic hydroxyl groups is 1. The minimum atomic E-state index is -0.228.